The second kappa shape index (κ2) is 2.70. The van der Waals surface area contributed by atoms with Crippen molar-refractivity contribution >= 4 is 40.7 Å². The van der Waals surface area contributed by atoms with Gasteiger partial charge in [0.1, 0.15) is 0 Å². The first-order valence-electron chi connectivity index (χ1n) is 3.32. The number of anilines is 1. The summed E-state index contributed by atoms with van der Waals surface area (Å²) < 4.78 is -0.951. The van der Waals surface area contributed by atoms with Gasteiger partial charge in [0.05, 0.1) is 10.7 Å². The Kier molecular flexibility index (Phi) is 1.92. The molecule has 1 aliphatic heterocycles. The Balaban J connectivity index is 2.48. The first-order chi connectivity index (χ1) is 5.58. The number of nitrogens with two attached hydrogens (primary N) is 1. The molecule has 1 aromatic carbocycles. The predicted octanol–water partition coefficient (Wildman–Crippen LogP) is 2.67. The van der Waals surface area contributed by atoms with Crippen molar-refractivity contribution in [3.05, 3.63) is 23.2 Å². The van der Waals surface area contributed by atoms with Gasteiger partial charge in [-0.25, -0.2) is 0 Å². The Morgan fingerprint density at radius 3 is 2.92 bits per heavy atom. The molecule has 0 radical (unpaired) electrons. The summed E-state index contributed by atoms with van der Waals surface area (Å²) in [6.07, 6.45) is 0. The number of rotatable bonds is 0. The Labute approximate surface area is 84.4 Å². The van der Waals surface area contributed by atoms with E-state index in [1.54, 1.807) is 6.07 Å². The second-order valence-corrected chi connectivity index (χ2v) is 5.00. The monoisotopic (exact) mass is 220 g/mol. The highest BCUT2D eigenvalue weighted by molar-refractivity contribution is 8.02. The predicted molar refractivity (Wildman–Crippen MR) is 53.7 cm³/mol. The van der Waals surface area contributed by atoms with E-state index in [0.29, 0.717) is 5.02 Å². The van der Waals surface area contributed by atoms with Gasteiger partial charge in [0.25, 0.3) is 0 Å². The molecule has 0 saturated carbocycles. The molecule has 0 spiro atoms. The quantitative estimate of drug-likeness (QED) is 0.522. The smallest absolute Gasteiger partial charge is 0.217 e. The summed E-state index contributed by atoms with van der Waals surface area (Å²) in [5, 5.41) is 3.56. The van der Waals surface area contributed by atoms with Gasteiger partial charge in [-0.3, -0.25) is 5.73 Å². The molecule has 2 rings (SSSR count). The molecule has 0 amide bonds. The summed E-state index contributed by atoms with van der Waals surface area (Å²) in [7, 11) is 0. The zero-order valence-corrected chi connectivity index (χ0v) is 8.30. The van der Waals surface area contributed by atoms with Gasteiger partial charge < -0.3 is 5.32 Å². The average Bonchev–Trinajstić information content (AvgIpc) is 2.25. The van der Waals surface area contributed by atoms with Gasteiger partial charge in [0.15, 0.2) is 0 Å². The zero-order valence-electron chi connectivity index (χ0n) is 5.97. The first kappa shape index (κ1) is 8.51. The summed E-state index contributed by atoms with van der Waals surface area (Å²) in [6.45, 7) is 0. The number of fused-ring (bicyclic) bond motifs is 1. The molecule has 5 heteroatoms. The van der Waals surface area contributed by atoms with Crippen LogP contribution in [0, 0.1) is 0 Å². The molecule has 0 bridgehead atoms. The van der Waals surface area contributed by atoms with Gasteiger partial charge in [-0.05, 0) is 12.1 Å². The first-order valence-corrected chi connectivity index (χ1v) is 4.89. The van der Waals surface area contributed by atoms with Crippen molar-refractivity contribution < 1.29 is 0 Å². The molecule has 2 nitrogen and oxygen atoms in total. The third kappa shape index (κ3) is 1.38. The third-order valence-electron chi connectivity index (χ3n) is 1.53. The molecular formula is C7H6Cl2N2S. The van der Waals surface area contributed by atoms with Crippen LogP contribution in [0.25, 0.3) is 0 Å². The molecule has 0 saturated heterocycles. The average molecular weight is 221 g/mol. The highest BCUT2D eigenvalue weighted by Gasteiger charge is 2.32. The summed E-state index contributed by atoms with van der Waals surface area (Å²) in [4.78, 5) is 0.986. The molecule has 3 N–H and O–H groups in total. The molecule has 1 aromatic rings. The van der Waals surface area contributed by atoms with E-state index in [1.807, 2.05) is 12.1 Å². The van der Waals surface area contributed by atoms with Crippen LogP contribution < -0.4 is 11.1 Å². The van der Waals surface area contributed by atoms with Crippen LogP contribution in [0.3, 0.4) is 0 Å². The SMILES string of the molecule is NC1(Cl)Nc2c(Cl)cccc2S1. The lowest BCUT2D eigenvalue weighted by Gasteiger charge is -2.13. The molecule has 12 heavy (non-hydrogen) atoms. The van der Waals surface area contributed by atoms with Crippen LogP contribution in [0.15, 0.2) is 23.1 Å². The van der Waals surface area contributed by atoms with E-state index in [0.717, 1.165) is 10.6 Å². The lowest BCUT2D eigenvalue weighted by atomic mass is 10.3. The number of nitrogens with one attached hydrogen (secondary N) is 1. The van der Waals surface area contributed by atoms with Gasteiger partial charge in [-0.2, -0.15) is 0 Å². The normalized spacial score (nSPS) is 26.6. The van der Waals surface area contributed by atoms with E-state index in [2.05, 4.69) is 5.32 Å². The van der Waals surface area contributed by atoms with Crippen molar-refractivity contribution in [1.82, 2.24) is 0 Å². The van der Waals surface area contributed by atoms with Gasteiger partial charge in [-0.15, -0.1) is 0 Å². The maximum Gasteiger partial charge on any atom is 0.217 e. The lowest BCUT2D eigenvalue weighted by Crippen LogP contribution is -2.34. The van der Waals surface area contributed by atoms with Gasteiger partial charge >= 0.3 is 0 Å². The maximum atomic E-state index is 5.91. The molecular weight excluding hydrogens is 215 g/mol. The molecule has 0 aromatic heterocycles. The minimum absolute atomic E-state index is 0.646. The fourth-order valence-corrected chi connectivity index (χ4v) is 2.57. The van der Waals surface area contributed by atoms with Crippen LogP contribution in [0.1, 0.15) is 0 Å². The Hall–Kier alpha value is -0.0900. The maximum absolute atomic E-state index is 5.91. The highest BCUT2D eigenvalue weighted by Crippen LogP contribution is 2.47. The summed E-state index contributed by atoms with van der Waals surface area (Å²) in [6, 6.07) is 5.59. The Bertz CT molecular complexity index is 327. The van der Waals surface area contributed by atoms with Crippen LogP contribution in [-0.4, -0.2) is 4.45 Å². The van der Waals surface area contributed by atoms with Crippen LogP contribution in [0.4, 0.5) is 5.69 Å². The van der Waals surface area contributed by atoms with Gasteiger partial charge in [-0.1, -0.05) is 41.0 Å². The summed E-state index contributed by atoms with van der Waals surface area (Å²) in [5.74, 6) is 0. The molecule has 1 heterocycles. The molecule has 1 aliphatic rings. The fraction of sp³-hybridized carbons (Fsp3) is 0.143. The molecule has 1 atom stereocenters. The number of hydrogen-bond donors (Lipinski definition) is 2. The number of thioether (sulfide) groups is 1. The molecule has 0 fully saturated rings. The molecule has 64 valence electrons. The van der Waals surface area contributed by atoms with E-state index >= 15 is 0 Å². The summed E-state index contributed by atoms with van der Waals surface area (Å²) >= 11 is 13.1. The van der Waals surface area contributed by atoms with Crippen LogP contribution in [0.5, 0.6) is 0 Å². The standard InChI is InChI=1S/C7H6Cl2N2S/c8-4-2-1-3-5-6(4)11-7(9,10)12-5/h1-3,11H,10H2. The van der Waals surface area contributed by atoms with Crippen LogP contribution in [0.2, 0.25) is 5.02 Å². The number of alkyl halides is 1. The fourth-order valence-electron chi connectivity index (χ4n) is 1.07. The van der Waals surface area contributed by atoms with Gasteiger partial charge in [0.2, 0.25) is 4.45 Å². The van der Waals surface area contributed by atoms with E-state index < -0.39 is 4.45 Å². The minimum Gasteiger partial charge on any atom is -0.344 e. The van der Waals surface area contributed by atoms with Crippen molar-refractivity contribution in [3.63, 3.8) is 0 Å². The van der Waals surface area contributed by atoms with Crippen molar-refractivity contribution in [2.24, 2.45) is 5.73 Å². The topological polar surface area (TPSA) is 38.0 Å². The van der Waals surface area contributed by atoms with E-state index in [-0.39, 0.29) is 0 Å². The number of para-hydroxylation sites is 1. The van der Waals surface area contributed by atoms with Crippen molar-refractivity contribution in [1.29, 1.82) is 0 Å². The van der Waals surface area contributed by atoms with Gasteiger partial charge in [0, 0.05) is 4.90 Å². The second-order valence-electron chi connectivity index (χ2n) is 2.49. The lowest BCUT2D eigenvalue weighted by molar-refractivity contribution is 0.986. The van der Waals surface area contributed by atoms with E-state index in [9.17, 15) is 0 Å². The van der Waals surface area contributed by atoms with Crippen LogP contribution in [-0.2, 0) is 0 Å². The zero-order chi connectivity index (χ0) is 8.77. The van der Waals surface area contributed by atoms with Crippen molar-refractivity contribution in [2.45, 2.75) is 9.35 Å². The Morgan fingerprint density at radius 2 is 2.25 bits per heavy atom. The highest BCUT2D eigenvalue weighted by atomic mass is 35.5. The van der Waals surface area contributed by atoms with Crippen LogP contribution >= 0.6 is 35.0 Å². The van der Waals surface area contributed by atoms with E-state index in [4.69, 9.17) is 28.9 Å². The minimum atomic E-state index is -0.951. The molecule has 1 unspecified atom stereocenters. The number of benzene rings is 1. The summed E-state index contributed by atoms with van der Waals surface area (Å²) in [5.41, 5.74) is 6.48. The largest absolute Gasteiger partial charge is 0.344 e. The number of hydrogen-bond acceptors (Lipinski definition) is 3. The van der Waals surface area contributed by atoms with Crippen molar-refractivity contribution in [2.75, 3.05) is 5.32 Å². The third-order valence-corrected chi connectivity index (χ3v) is 3.13. The van der Waals surface area contributed by atoms with E-state index in [1.165, 1.54) is 11.8 Å². The van der Waals surface area contributed by atoms with Crippen molar-refractivity contribution in [3.8, 4) is 0 Å². The number of halogens is 2. The Morgan fingerprint density at radius 1 is 1.50 bits per heavy atom. The molecule has 0 aliphatic carbocycles.